The molecule has 0 N–H and O–H groups in total. The normalized spacial score (nSPS) is 35.1. The molecule has 4 nitrogen and oxygen atoms in total. The van der Waals surface area contributed by atoms with Crippen LogP contribution in [0, 0.1) is 11.8 Å². The van der Waals surface area contributed by atoms with E-state index in [0.29, 0.717) is 7.92 Å². The Balaban J connectivity index is 0.000000377. The van der Waals surface area contributed by atoms with E-state index in [-0.39, 0.29) is 20.4 Å². The van der Waals surface area contributed by atoms with Crippen LogP contribution in [0.15, 0.2) is 0 Å². The molecule has 4 saturated carbocycles. The fraction of sp³-hybridized carbons (Fsp3) is 0.909. The summed E-state index contributed by atoms with van der Waals surface area (Å²) in [4.78, 5) is 17.8. The van der Waals surface area contributed by atoms with E-state index in [1.165, 1.54) is 12.8 Å². The molecule has 0 amide bonds. The summed E-state index contributed by atoms with van der Waals surface area (Å²) < 4.78 is 0. The van der Waals surface area contributed by atoms with Crippen LogP contribution in [0.4, 0.5) is 0 Å². The molecule has 0 aliphatic heterocycles. The van der Waals surface area contributed by atoms with Crippen molar-refractivity contribution >= 4 is 19.9 Å². The third kappa shape index (κ3) is 6.52. The van der Waals surface area contributed by atoms with E-state index in [9.17, 15) is 0 Å². The number of unbranched alkanes of at least 4 members (excludes halogenated alkanes) is 1. The topological polar surface area (TPSA) is 80.3 Å². The smallest absolute Gasteiger partial charge is 0.550 e. The maximum Gasteiger partial charge on any atom is 2.00 e. The molecule has 0 spiro atoms. The van der Waals surface area contributed by atoms with Crippen molar-refractivity contribution in [1.29, 1.82) is 0 Å². The number of hydrogen-bond acceptors (Lipinski definition) is 4. The van der Waals surface area contributed by atoms with Gasteiger partial charge in [0.25, 0.3) is 0 Å². The molecule has 0 aromatic carbocycles. The van der Waals surface area contributed by atoms with Crippen LogP contribution >= 0.6 is 7.92 Å². The summed E-state index contributed by atoms with van der Waals surface area (Å²) in [7, 11) is 0.346. The van der Waals surface area contributed by atoms with E-state index >= 15 is 0 Å². The van der Waals surface area contributed by atoms with E-state index < -0.39 is 11.9 Å². The number of carboxylic acids is 2. The number of carbonyl (C=O) groups is 2. The van der Waals surface area contributed by atoms with Gasteiger partial charge in [0.05, 0.1) is 0 Å². The number of aliphatic carboxylic acids is 2. The predicted octanol–water partition coefficient (Wildman–Crippen LogP) is 3.44. The maximum absolute atomic E-state index is 8.89. The molecule has 0 heterocycles. The molecule has 4 bridgehead atoms. The van der Waals surface area contributed by atoms with E-state index in [2.05, 4.69) is 6.92 Å². The molecule has 0 aromatic rings. The van der Waals surface area contributed by atoms with Gasteiger partial charge in [-0.05, 0) is 113 Å². The molecule has 28 heavy (non-hydrogen) atoms. The second kappa shape index (κ2) is 11.4. The van der Waals surface area contributed by atoms with Crippen LogP contribution in [-0.4, -0.2) is 28.4 Å². The van der Waals surface area contributed by atoms with Gasteiger partial charge >= 0.3 is 20.4 Å². The van der Waals surface area contributed by atoms with Gasteiger partial charge in [0.15, 0.2) is 0 Å². The van der Waals surface area contributed by atoms with Gasteiger partial charge in [0.2, 0.25) is 0 Å². The number of fused-ring (bicyclic) bond motifs is 4. The second-order valence-electron chi connectivity index (χ2n) is 9.23. The average molecular weight is 503 g/mol. The number of carbonyl (C=O) groups excluding carboxylic acids is 2. The Morgan fingerprint density at radius 2 is 1.18 bits per heavy atom. The van der Waals surface area contributed by atoms with Gasteiger partial charge in [0, 0.05) is 11.9 Å². The fourth-order valence-corrected chi connectivity index (χ4v) is 11.5. The van der Waals surface area contributed by atoms with Crippen LogP contribution in [0.3, 0.4) is 0 Å². The van der Waals surface area contributed by atoms with Crippen molar-refractivity contribution in [3.05, 3.63) is 0 Å². The standard InChI is InChI=1S/C18H31P.2C2H4O2.Pd/c1-2-3-12-19(17-8-4-15(13-17)5-9-17)18-10-6-16(14-18)7-11-18;2*1-2(3)4;/h15-16H,2-14H2,1H3;2*1H3,(H,3,4);/q;;;+2/p-2. The van der Waals surface area contributed by atoms with E-state index in [1.807, 2.05) is 0 Å². The van der Waals surface area contributed by atoms with Gasteiger partial charge in [-0.25, -0.2) is 0 Å². The molecule has 4 aliphatic rings. The first-order valence-corrected chi connectivity index (χ1v) is 12.4. The zero-order valence-corrected chi connectivity index (χ0v) is 20.2. The number of rotatable bonds is 5. The summed E-state index contributed by atoms with van der Waals surface area (Å²) in [5.74, 6) is 0.142. The minimum Gasteiger partial charge on any atom is -0.550 e. The Hall–Kier alpha value is 0.0323. The van der Waals surface area contributed by atoms with Gasteiger partial charge in [0.1, 0.15) is 0 Å². The quantitative estimate of drug-likeness (QED) is 0.426. The van der Waals surface area contributed by atoms with Crippen LogP contribution in [0.5, 0.6) is 0 Å². The Kier molecular flexibility index (Phi) is 10.6. The zero-order valence-electron chi connectivity index (χ0n) is 17.7. The summed E-state index contributed by atoms with van der Waals surface area (Å²) in [6.07, 6.45) is 20.9. The molecule has 0 unspecified atom stereocenters. The van der Waals surface area contributed by atoms with Crippen molar-refractivity contribution in [2.75, 3.05) is 6.16 Å². The van der Waals surface area contributed by atoms with Crippen molar-refractivity contribution in [2.45, 2.75) is 108 Å². The van der Waals surface area contributed by atoms with E-state index in [4.69, 9.17) is 19.8 Å². The summed E-state index contributed by atoms with van der Waals surface area (Å²) in [6.45, 7) is 4.35. The van der Waals surface area contributed by atoms with Gasteiger partial charge in [-0.1, -0.05) is 21.3 Å². The molecular formula is C22H37O4PPd. The van der Waals surface area contributed by atoms with Crippen LogP contribution in [0.2, 0.25) is 0 Å². The van der Waals surface area contributed by atoms with Crippen molar-refractivity contribution < 1.29 is 40.2 Å². The summed E-state index contributed by atoms with van der Waals surface area (Å²) >= 11 is 0. The summed E-state index contributed by atoms with van der Waals surface area (Å²) in [6, 6.07) is 0. The average Bonchev–Trinajstić information content (AvgIpc) is 3.35. The van der Waals surface area contributed by atoms with Crippen LogP contribution < -0.4 is 10.2 Å². The van der Waals surface area contributed by atoms with Crippen LogP contribution in [0.1, 0.15) is 97.8 Å². The molecule has 0 atom stereocenters. The monoisotopic (exact) mass is 502 g/mol. The number of carboxylic acid groups (broad SMARTS) is 2. The third-order valence-corrected chi connectivity index (χ3v) is 11.6. The van der Waals surface area contributed by atoms with Crippen molar-refractivity contribution in [2.24, 2.45) is 11.8 Å². The first-order valence-electron chi connectivity index (χ1n) is 10.9. The third-order valence-electron chi connectivity index (χ3n) is 7.29. The Bertz CT molecular complexity index is 459. The Morgan fingerprint density at radius 1 is 0.857 bits per heavy atom. The molecule has 164 valence electrons. The molecule has 0 aromatic heterocycles. The zero-order chi connectivity index (χ0) is 20.1. The first-order chi connectivity index (χ1) is 12.7. The van der Waals surface area contributed by atoms with Gasteiger partial charge < -0.3 is 19.8 Å². The Morgan fingerprint density at radius 3 is 1.39 bits per heavy atom. The molecule has 4 fully saturated rings. The van der Waals surface area contributed by atoms with Gasteiger partial charge in [-0.15, -0.1) is 0 Å². The predicted molar refractivity (Wildman–Crippen MR) is 107 cm³/mol. The van der Waals surface area contributed by atoms with Crippen LogP contribution in [-0.2, 0) is 30.0 Å². The molecular weight excluding hydrogens is 466 g/mol. The molecule has 0 radical (unpaired) electrons. The van der Waals surface area contributed by atoms with Gasteiger partial charge in [-0.3, -0.25) is 0 Å². The summed E-state index contributed by atoms with van der Waals surface area (Å²) in [5, 5.41) is 19.6. The molecule has 0 saturated heterocycles. The maximum atomic E-state index is 8.89. The molecule has 4 aliphatic carbocycles. The van der Waals surface area contributed by atoms with Crippen LogP contribution in [0.25, 0.3) is 0 Å². The van der Waals surface area contributed by atoms with Crippen molar-refractivity contribution in [3.63, 3.8) is 0 Å². The number of hydrogen-bond donors (Lipinski definition) is 0. The Labute approximate surface area is 186 Å². The molecule has 4 rings (SSSR count). The SMILES string of the molecule is CC(=O)[O-].CC(=O)[O-].CCCCP(C12CCC(CC1)C2)C12CCC(CC1)C2.[Pd+2]. The largest absolute Gasteiger partial charge is 2.00 e. The minimum absolute atomic E-state index is 0. The summed E-state index contributed by atoms with van der Waals surface area (Å²) in [5.41, 5.74) is 0. The van der Waals surface area contributed by atoms with E-state index in [0.717, 1.165) is 36.0 Å². The second-order valence-corrected chi connectivity index (χ2v) is 12.4. The van der Waals surface area contributed by atoms with Crippen molar-refractivity contribution in [3.8, 4) is 0 Å². The fourth-order valence-electron chi connectivity index (χ4n) is 6.37. The van der Waals surface area contributed by atoms with Gasteiger partial charge in [-0.2, -0.15) is 0 Å². The molecule has 6 heteroatoms. The van der Waals surface area contributed by atoms with Crippen molar-refractivity contribution in [1.82, 2.24) is 0 Å². The minimum atomic E-state index is -1.08. The van der Waals surface area contributed by atoms with E-state index in [1.54, 1.807) is 70.4 Å². The first kappa shape index (κ1) is 26.1.